The fourth-order valence-electron chi connectivity index (χ4n) is 10.8. The van der Waals surface area contributed by atoms with E-state index in [4.69, 9.17) is 9.72 Å². The van der Waals surface area contributed by atoms with Gasteiger partial charge in [-0.1, -0.05) is 57.2 Å². The van der Waals surface area contributed by atoms with Crippen LogP contribution in [0.25, 0.3) is 94.5 Å². The molecule has 5 nitrogen and oxygen atoms in total. The van der Waals surface area contributed by atoms with Gasteiger partial charge in [-0.2, -0.15) is 0 Å². The fourth-order valence-corrected chi connectivity index (χ4v) is 11.9. The third kappa shape index (κ3) is 7.33. The van der Waals surface area contributed by atoms with Gasteiger partial charge in [0.1, 0.15) is 0 Å². The molecular formula is C66H48N4OPt-2. The number of pyridine rings is 1. The summed E-state index contributed by atoms with van der Waals surface area (Å²) in [6, 6.07) is 79.0. The number of aromatic nitrogens is 4. The molecule has 0 bridgehead atoms. The van der Waals surface area contributed by atoms with Gasteiger partial charge in [0.15, 0.2) is 0 Å². The second-order valence-electron chi connectivity index (χ2n) is 19.8. The number of ether oxygens (including phenoxy) is 1. The van der Waals surface area contributed by atoms with E-state index in [2.05, 4.69) is 261 Å². The topological polar surface area (TPSA) is 36.9 Å². The molecule has 1 aliphatic rings. The molecule has 0 saturated heterocycles. The number of imidazole rings is 1. The van der Waals surface area contributed by atoms with Crippen LogP contribution in [0.5, 0.6) is 11.5 Å². The van der Waals surface area contributed by atoms with E-state index < -0.39 is 0 Å². The first-order valence-corrected chi connectivity index (χ1v) is 25.6. The predicted molar refractivity (Wildman–Crippen MR) is 290 cm³/mol. The summed E-state index contributed by atoms with van der Waals surface area (Å²) < 4.78 is 14.8. The van der Waals surface area contributed by atoms with Crippen molar-refractivity contribution < 1.29 is 24.1 Å². The standard InChI is InChI=1S/C66H48N4O.Pt/c1-43-36-63(67-41-58(43)45-30-32-48(33-31-45)66(2,3)4)70-59-27-14-13-26-53(59)54-35-34-51(39-62(54)70)71-50-24-17-23-49(38-50)68-42-69(61-29-16-15-28-60(61)68)65-55(44-18-7-5-8-19-44)40-56-52-25-12-11-22-47(52)37-57(56)64(65)46-20-9-6-10-21-46;/h5-36,40-41H,37H2,1-4H3;/q-2;. The molecule has 1 aliphatic carbocycles. The zero-order chi connectivity index (χ0) is 48.7. The van der Waals surface area contributed by atoms with Crippen molar-refractivity contribution in [1.29, 1.82) is 0 Å². The van der Waals surface area contributed by atoms with Crippen molar-refractivity contribution in [3.63, 3.8) is 0 Å². The van der Waals surface area contributed by atoms with Crippen LogP contribution >= 0.6 is 0 Å². The molecule has 13 rings (SSSR count). The molecule has 0 aliphatic heterocycles. The predicted octanol–water partition coefficient (Wildman–Crippen LogP) is 16.6. The molecule has 350 valence electrons. The van der Waals surface area contributed by atoms with E-state index in [-0.39, 0.29) is 5.41 Å². The van der Waals surface area contributed by atoms with E-state index in [9.17, 15) is 0 Å². The van der Waals surface area contributed by atoms with Crippen LogP contribution in [-0.2, 0) is 31.2 Å². The number of benzene rings is 9. The first-order valence-electron chi connectivity index (χ1n) is 24.5. The number of hydrogen-bond donors (Lipinski definition) is 0. The SMILES string of the molecule is Cc1cc(-n2c3[c-]c(Oc4[c-]c(-n5[c](=[Pt])n(-c6c(-c7ccccc7)cc7c(c6-c6ccccc6)Cc6ccccc6-7)c6ccccc65)ccc4)ccc3c3ccccc32)ncc1-c1ccc(C(C)(C)C)cc1. The second kappa shape index (κ2) is 17.3. The van der Waals surface area contributed by atoms with Gasteiger partial charge < -0.3 is 0 Å². The Kier molecular flexibility index (Phi) is 10.6. The summed E-state index contributed by atoms with van der Waals surface area (Å²) in [5.74, 6) is 2.01. The summed E-state index contributed by atoms with van der Waals surface area (Å²) in [4.78, 5) is 5.11. The molecule has 0 amide bonds. The van der Waals surface area contributed by atoms with Crippen LogP contribution in [-0.4, -0.2) is 18.7 Å². The van der Waals surface area contributed by atoms with Crippen LogP contribution in [0, 0.1) is 22.9 Å². The molecule has 3 heterocycles. The van der Waals surface area contributed by atoms with E-state index in [1.165, 1.54) is 44.5 Å². The molecule has 0 spiro atoms. The van der Waals surface area contributed by atoms with Crippen molar-refractivity contribution in [3.05, 3.63) is 245 Å². The van der Waals surface area contributed by atoms with Gasteiger partial charge in [0, 0.05) is 11.8 Å². The Morgan fingerprint density at radius 1 is 0.528 bits per heavy atom. The van der Waals surface area contributed by atoms with Crippen LogP contribution in [0.3, 0.4) is 0 Å². The first kappa shape index (κ1) is 43.9. The van der Waals surface area contributed by atoms with Gasteiger partial charge in [0.25, 0.3) is 0 Å². The zero-order valence-corrected chi connectivity index (χ0v) is 42.6. The summed E-state index contributed by atoms with van der Waals surface area (Å²) in [6.45, 7) is 8.90. The Morgan fingerprint density at radius 3 is 1.93 bits per heavy atom. The first-order chi connectivity index (χ1) is 35.2. The Bertz CT molecular complexity index is 4160. The van der Waals surface area contributed by atoms with E-state index >= 15 is 0 Å². The van der Waals surface area contributed by atoms with Crippen molar-refractivity contribution in [2.45, 2.75) is 39.5 Å². The molecule has 0 atom stereocenters. The maximum absolute atomic E-state index is 6.78. The van der Waals surface area contributed by atoms with E-state index in [0.29, 0.717) is 11.5 Å². The number of para-hydroxylation sites is 3. The molecule has 0 fully saturated rings. The number of aryl methyl sites for hydroxylation is 1. The van der Waals surface area contributed by atoms with Gasteiger partial charge in [-0.25, -0.2) is 0 Å². The van der Waals surface area contributed by atoms with Crippen molar-refractivity contribution in [1.82, 2.24) is 18.7 Å². The van der Waals surface area contributed by atoms with Crippen LogP contribution in [0.1, 0.15) is 43.0 Å². The van der Waals surface area contributed by atoms with Crippen LogP contribution in [0.2, 0.25) is 0 Å². The summed E-state index contributed by atoms with van der Waals surface area (Å²) in [5, 5.41) is 2.21. The average molecular weight is 1110 g/mol. The number of rotatable bonds is 8. The van der Waals surface area contributed by atoms with Crippen molar-refractivity contribution in [3.8, 4) is 73.2 Å². The fraction of sp³-hybridized carbons (Fsp3) is 0.0909. The molecule has 0 N–H and O–H groups in total. The van der Waals surface area contributed by atoms with Gasteiger partial charge in [0.2, 0.25) is 0 Å². The van der Waals surface area contributed by atoms with Crippen LogP contribution in [0.4, 0.5) is 0 Å². The van der Waals surface area contributed by atoms with Gasteiger partial charge in [-0.15, -0.1) is 0 Å². The average Bonchev–Trinajstić information content (AvgIpc) is 4.04. The maximum atomic E-state index is 6.78. The third-order valence-electron chi connectivity index (χ3n) is 14.3. The monoisotopic (exact) mass is 1110 g/mol. The van der Waals surface area contributed by atoms with Crippen LogP contribution in [0.15, 0.2) is 206 Å². The zero-order valence-electron chi connectivity index (χ0n) is 40.4. The molecule has 0 radical (unpaired) electrons. The van der Waals surface area contributed by atoms with Crippen molar-refractivity contribution in [2.24, 2.45) is 0 Å². The summed E-state index contributed by atoms with van der Waals surface area (Å²) in [6.07, 6.45) is 2.86. The molecule has 0 saturated carbocycles. The van der Waals surface area contributed by atoms with Gasteiger partial charge >= 0.3 is 335 Å². The Morgan fingerprint density at radius 2 is 1.18 bits per heavy atom. The Balaban J connectivity index is 0.927. The third-order valence-corrected chi connectivity index (χ3v) is 15.3. The Hall–Kier alpha value is -8.11. The number of hydrogen-bond acceptors (Lipinski definition) is 2. The summed E-state index contributed by atoms with van der Waals surface area (Å²) in [5.41, 5.74) is 21.0. The molecule has 6 heteroatoms. The summed E-state index contributed by atoms with van der Waals surface area (Å²) >= 11 is 2.52. The quantitative estimate of drug-likeness (QED) is 0.142. The molecule has 3 aromatic heterocycles. The normalized spacial score (nSPS) is 12.2. The Labute approximate surface area is 430 Å². The summed E-state index contributed by atoms with van der Waals surface area (Å²) in [7, 11) is 0. The van der Waals surface area contributed by atoms with E-state index in [1.54, 1.807) is 0 Å². The smallest absolute Gasteiger partial charge is 0.0579 e. The van der Waals surface area contributed by atoms with Crippen LogP contribution < -0.4 is 4.74 Å². The molecule has 12 aromatic rings. The minimum absolute atomic E-state index is 0.0880. The van der Waals surface area contributed by atoms with Gasteiger partial charge in [-0.05, 0) is 29.0 Å². The number of nitrogens with zero attached hydrogens (tertiary/aromatic N) is 4. The van der Waals surface area contributed by atoms with Gasteiger partial charge in [-0.3, -0.25) is 0 Å². The number of fused-ring (bicyclic) bond motifs is 7. The molecule has 0 unspecified atom stereocenters. The second-order valence-corrected chi connectivity index (χ2v) is 20.8. The van der Waals surface area contributed by atoms with Crippen molar-refractivity contribution >= 4 is 32.8 Å². The molecule has 72 heavy (non-hydrogen) atoms. The van der Waals surface area contributed by atoms with Crippen molar-refractivity contribution in [2.75, 3.05) is 0 Å². The van der Waals surface area contributed by atoms with E-state index in [1.807, 2.05) is 18.3 Å². The van der Waals surface area contributed by atoms with E-state index in [0.717, 1.165) is 82.5 Å². The minimum atomic E-state index is 0.0880. The molecular weight excluding hydrogens is 1060 g/mol. The molecule has 9 aromatic carbocycles. The van der Waals surface area contributed by atoms with Gasteiger partial charge in [0.05, 0.1) is 0 Å². The minimum Gasteiger partial charge on any atom is -0.0579 e.